The summed E-state index contributed by atoms with van der Waals surface area (Å²) in [5.41, 5.74) is 3.75. The first-order valence-electron chi connectivity index (χ1n) is 7.09. The standard InChI is InChI=1S/C17H15FN4S/c1-20-9-12(6-7-19)11-2-4-15-14(8-11)22-17(23-15)13-3-5-16(18)21-10-13/h2-5,7-10,19-20H,6H2,1H3/b12-9+,19-7?. The minimum atomic E-state index is -0.495. The number of aromatic nitrogens is 2. The number of halogens is 1. The lowest BCUT2D eigenvalue weighted by molar-refractivity contribution is 0.584. The summed E-state index contributed by atoms with van der Waals surface area (Å²) in [6.07, 6.45) is 5.33. The minimum absolute atomic E-state index is 0.495. The molecule has 1 aromatic carbocycles. The minimum Gasteiger partial charge on any atom is -0.394 e. The van der Waals surface area contributed by atoms with Crippen LogP contribution in [0.5, 0.6) is 0 Å². The van der Waals surface area contributed by atoms with E-state index in [1.165, 1.54) is 18.5 Å². The second kappa shape index (κ2) is 6.66. The maximum absolute atomic E-state index is 12.9. The average Bonchev–Trinajstić information content (AvgIpc) is 2.98. The van der Waals surface area contributed by atoms with Gasteiger partial charge in [0.05, 0.1) is 10.2 Å². The van der Waals surface area contributed by atoms with E-state index in [0.29, 0.717) is 6.42 Å². The van der Waals surface area contributed by atoms with E-state index in [1.54, 1.807) is 17.4 Å². The molecule has 0 aliphatic heterocycles. The van der Waals surface area contributed by atoms with Crippen molar-refractivity contribution in [1.82, 2.24) is 15.3 Å². The van der Waals surface area contributed by atoms with E-state index in [2.05, 4.69) is 15.3 Å². The van der Waals surface area contributed by atoms with Gasteiger partial charge < -0.3 is 10.7 Å². The summed E-state index contributed by atoms with van der Waals surface area (Å²) in [4.78, 5) is 8.31. The first-order valence-corrected chi connectivity index (χ1v) is 7.91. The summed E-state index contributed by atoms with van der Waals surface area (Å²) in [6, 6.07) is 9.09. The predicted molar refractivity (Wildman–Crippen MR) is 93.2 cm³/mol. The molecule has 0 aliphatic carbocycles. The number of allylic oxidation sites excluding steroid dienone is 1. The van der Waals surface area contributed by atoms with Crippen molar-refractivity contribution in [1.29, 1.82) is 5.41 Å². The number of thiazole rings is 1. The fourth-order valence-corrected chi connectivity index (χ4v) is 3.23. The number of nitrogens with zero attached hydrogens (tertiary/aromatic N) is 2. The first-order chi connectivity index (χ1) is 11.2. The average molecular weight is 326 g/mol. The van der Waals surface area contributed by atoms with E-state index < -0.39 is 5.95 Å². The molecule has 23 heavy (non-hydrogen) atoms. The fourth-order valence-electron chi connectivity index (χ4n) is 2.30. The third-order valence-electron chi connectivity index (χ3n) is 3.37. The van der Waals surface area contributed by atoms with Crippen molar-refractivity contribution in [2.45, 2.75) is 6.42 Å². The monoisotopic (exact) mass is 326 g/mol. The van der Waals surface area contributed by atoms with Crippen molar-refractivity contribution in [2.75, 3.05) is 7.05 Å². The van der Waals surface area contributed by atoms with E-state index in [1.807, 2.05) is 31.4 Å². The largest absolute Gasteiger partial charge is 0.394 e. The van der Waals surface area contributed by atoms with Crippen LogP contribution >= 0.6 is 11.3 Å². The molecule has 3 rings (SSSR count). The summed E-state index contributed by atoms with van der Waals surface area (Å²) in [5.74, 6) is -0.495. The Morgan fingerprint density at radius 1 is 1.35 bits per heavy atom. The number of fused-ring (bicyclic) bond motifs is 1. The number of pyridine rings is 1. The Kier molecular flexibility index (Phi) is 4.43. The lowest BCUT2D eigenvalue weighted by atomic mass is 10.0. The predicted octanol–water partition coefficient (Wildman–Crippen LogP) is 4.10. The molecular formula is C17H15FN4S. The van der Waals surface area contributed by atoms with Crippen LogP contribution in [0.4, 0.5) is 4.39 Å². The Morgan fingerprint density at radius 2 is 2.22 bits per heavy atom. The molecule has 0 fully saturated rings. The number of rotatable bonds is 5. The van der Waals surface area contributed by atoms with Gasteiger partial charge in [0.15, 0.2) is 0 Å². The van der Waals surface area contributed by atoms with Crippen LogP contribution in [-0.4, -0.2) is 23.2 Å². The Bertz CT molecular complexity index is 868. The van der Waals surface area contributed by atoms with Crippen molar-refractivity contribution in [3.8, 4) is 10.6 Å². The summed E-state index contributed by atoms with van der Waals surface area (Å²) in [6.45, 7) is 0. The molecule has 4 nitrogen and oxygen atoms in total. The molecule has 2 aromatic heterocycles. The summed E-state index contributed by atoms with van der Waals surface area (Å²) in [5, 5.41) is 11.1. The second-order valence-electron chi connectivity index (χ2n) is 4.94. The third kappa shape index (κ3) is 3.27. The molecule has 0 unspecified atom stereocenters. The van der Waals surface area contributed by atoms with E-state index in [9.17, 15) is 4.39 Å². The topological polar surface area (TPSA) is 61.7 Å². The van der Waals surface area contributed by atoms with Crippen LogP contribution in [0.3, 0.4) is 0 Å². The van der Waals surface area contributed by atoms with Gasteiger partial charge in [-0.2, -0.15) is 4.39 Å². The van der Waals surface area contributed by atoms with Gasteiger partial charge in [-0.1, -0.05) is 6.07 Å². The highest BCUT2D eigenvalue weighted by Gasteiger charge is 2.09. The van der Waals surface area contributed by atoms with E-state index in [0.717, 1.165) is 31.9 Å². The molecule has 0 saturated heterocycles. The van der Waals surface area contributed by atoms with Crippen molar-refractivity contribution >= 4 is 33.3 Å². The van der Waals surface area contributed by atoms with Gasteiger partial charge in [-0.25, -0.2) is 9.97 Å². The third-order valence-corrected chi connectivity index (χ3v) is 4.46. The highest BCUT2D eigenvalue weighted by atomic mass is 32.1. The van der Waals surface area contributed by atoms with Gasteiger partial charge in [0.25, 0.3) is 0 Å². The maximum Gasteiger partial charge on any atom is 0.212 e. The molecule has 2 heterocycles. The molecule has 0 radical (unpaired) electrons. The normalized spacial score (nSPS) is 11.7. The Balaban J connectivity index is 2.02. The molecule has 0 saturated carbocycles. The van der Waals surface area contributed by atoms with Gasteiger partial charge in [0.2, 0.25) is 5.95 Å². The highest BCUT2D eigenvalue weighted by molar-refractivity contribution is 7.21. The van der Waals surface area contributed by atoms with Gasteiger partial charge >= 0.3 is 0 Å². The summed E-state index contributed by atoms with van der Waals surface area (Å²) < 4.78 is 14.0. The molecule has 0 bridgehead atoms. The van der Waals surface area contributed by atoms with Crippen LogP contribution in [0.25, 0.3) is 26.4 Å². The summed E-state index contributed by atoms with van der Waals surface area (Å²) >= 11 is 1.55. The first kappa shape index (κ1) is 15.3. The lowest BCUT2D eigenvalue weighted by Crippen LogP contribution is -1.97. The molecule has 0 amide bonds. The zero-order valence-electron chi connectivity index (χ0n) is 12.5. The van der Waals surface area contributed by atoms with Crippen LogP contribution in [0, 0.1) is 11.4 Å². The van der Waals surface area contributed by atoms with Crippen LogP contribution in [0.2, 0.25) is 0 Å². The number of hydrogen-bond acceptors (Lipinski definition) is 5. The van der Waals surface area contributed by atoms with Gasteiger partial charge in [-0.05, 0) is 41.6 Å². The van der Waals surface area contributed by atoms with Crippen molar-refractivity contribution in [2.24, 2.45) is 0 Å². The lowest BCUT2D eigenvalue weighted by Gasteiger charge is -2.04. The Hall–Kier alpha value is -2.60. The molecule has 3 aromatic rings. The Labute approximate surface area is 137 Å². The molecule has 116 valence electrons. The molecule has 0 atom stereocenters. The van der Waals surface area contributed by atoms with Crippen molar-refractivity contribution in [3.63, 3.8) is 0 Å². The van der Waals surface area contributed by atoms with Gasteiger partial charge in [0, 0.05) is 31.4 Å². The van der Waals surface area contributed by atoms with E-state index in [4.69, 9.17) is 5.41 Å². The van der Waals surface area contributed by atoms with Crippen LogP contribution < -0.4 is 5.32 Å². The summed E-state index contributed by atoms with van der Waals surface area (Å²) in [7, 11) is 1.84. The fraction of sp³-hybridized carbons (Fsp3) is 0.118. The van der Waals surface area contributed by atoms with Crippen molar-refractivity contribution in [3.05, 3.63) is 54.2 Å². The molecule has 0 aliphatic rings. The zero-order chi connectivity index (χ0) is 16.2. The maximum atomic E-state index is 12.9. The smallest absolute Gasteiger partial charge is 0.212 e. The van der Waals surface area contributed by atoms with Gasteiger partial charge in [-0.15, -0.1) is 11.3 Å². The van der Waals surface area contributed by atoms with Crippen LogP contribution in [-0.2, 0) is 0 Å². The second-order valence-corrected chi connectivity index (χ2v) is 5.97. The van der Waals surface area contributed by atoms with Gasteiger partial charge in [0.1, 0.15) is 5.01 Å². The van der Waals surface area contributed by atoms with Crippen LogP contribution in [0.15, 0.2) is 42.7 Å². The number of benzene rings is 1. The van der Waals surface area contributed by atoms with Crippen LogP contribution in [0.1, 0.15) is 12.0 Å². The van der Waals surface area contributed by atoms with Crippen molar-refractivity contribution < 1.29 is 4.39 Å². The molecule has 2 N–H and O–H groups in total. The molecule has 0 spiro atoms. The quantitative estimate of drug-likeness (QED) is 0.548. The SMILES string of the molecule is CN/C=C(\CC=N)c1ccc2sc(-c3ccc(F)nc3)nc2c1. The van der Waals surface area contributed by atoms with E-state index >= 15 is 0 Å². The highest BCUT2D eigenvalue weighted by Crippen LogP contribution is 2.31. The van der Waals surface area contributed by atoms with Gasteiger partial charge in [-0.3, -0.25) is 0 Å². The molecular weight excluding hydrogens is 311 g/mol. The van der Waals surface area contributed by atoms with E-state index in [-0.39, 0.29) is 0 Å². The Morgan fingerprint density at radius 3 is 2.91 bits per heavy atom. The number of hydrogen-bond donors (Lipinski definition) is 2. The molecule has 6 heteroatoms. The zero-order valence-corrected chi connectivity index (χ0v) is 13.3. The number of nitrogens with one attached hydrogen (secondary N) is 2.